The minimum atomic E-state index is -0.399. The van der Waals surface area contributed by atoms with E-state index in [0.717, 1.165) is 12.8 Å². The molecule has 0 bridgehead atoms. The van der Waals surface area contributed by atoms with Gasteiger partial charge in [0.25, 0.3) is 5.91 Å². The van der Waals surface area contributed by atoms with Gasteiger partial charge < -0.3 is 29.6 Å². The van der Waals surface area contributed by atoms with Crippen LogP contribution >= 0.6 is 0 Å². The molecule has 0 aromatic heterocycles. The number of ether oxygens (including phenoxy) is 4. The average Bonchev–Trinajstić information content (AvgIpc) is 2.82. The largest absolute Gasteiger partial charge is 0.450 e. The smallest absolute Gasteiger partial charge is 0.407 e. The van der Waals surface area contributed by atoms with Crippen molar-refractivity contribution >= 4 is 12.0 Å². The van der Waals surface area contributed by atoms with E-state index in [9.17, 15) is 9.59 Å². The molecule has 0 unspecified atom stereocenters. The molecule has 0 aliphatic heterocycles. The van der Waals surface area contributed by atoms with Gasteiger partial charge in [-0.3, -0.25) is 4.79 Å². The fourth-order valence-electron chi connectivity index (χ4n) is 2.69. The molecular formula is C26H46N2O6. The molecule has 34 heavy (non-hydrogen) atoms. The van der Waals surface area contributed by atoms with E-state index in [1.807, 2.05) is 38.1 Å². The van der Waals surface area contributed by atoms with Crippen molar-refractivity contribution in [1.82, 2.24) is 10.6 Å². The number of hydrogen-bond donors (Lipinski definition) is 2. The normalized spacial score (nSPS) is 10.8. The molecule has 0 saturated heterocycles. The van der Waals surface area contributed by atoms with Crippen molar-refractivity contribution in [3.05, 3.63) is 35.4 Å². The number of alkyl carbamates (subject to hydrolysis) is 1. The molecule has 196 valence electrons. The molecule has 0 saturated carbocycles. The van der Waals surface area contributed by atoms with Crippen LogP contribution in [0.2, 0.25) is 0 Å². The molecular weight excluding hydrogens is 436 g/mol. The first-order valence-electron chi connectivity index (χ1n) is 12.4. The third kappa shape index (κ3) is 16.5. The Morgan fingerprint density at radius 2 is 1.24 bits per heavy atom. The Balaban J connectivity index is 0.00000529. The third-order valence-corrected chi connectivity index (χ3v) is 4.52. The molecule has 8 heteroatoms. The summed E-state index contributed by atoms with van der Waals surface area (Å²) in [6.45, 7) is 16.8. The Kier molecular flexibility index (Phi) is 18.9. The molecule has 0 aliphatic carbocycles. The van der Waals surface area contributed by atoms with E-state index in [-0.39, 0.29) is 11.3 Å². The van der Waals surface area contributed by atoms with Gasteiger partial charge in [0.2, 0.25) is 0 Å². The van der Waals surface area contributed by atoms with Crippen LogP contribution in [0.25, 0.3) is 0 Å². The summed E-state index contributed by atoms with van der Waals surface area (Å²) in [6, 6.07) is 7.75. The van der Waals surface area contributed by atoms with Crippen LogP contribution in [0.15, 0.2) is 24.3 Å². The molecule has 0 heterocycles. The maximum absolute atomic E-state index is 12.2. The van der Waals surface area contributed by atoms with Gasteiger partial charge in [-0.1, -0.05) is 46.8 Å². The second-order valence-corrected chi connectivity index (χ2v) is 8.27. The maximum Gasteiger partial charge on any atom is 0.407 e. The molecule has 0 atom stereocenters. The summed E-state index contributed by atoms with van der Waals surface area (Å²) in [4.78, 5) is 23.2. The number of benzene rings is 1. The Labute approximate surface area is 206 Å². The molecule has 1 aromatic rings. The van der Waals surface area contributed by atoms with Gasteiger partial charge in [-0.15, -0.1) is 0 Å². The zero-order valence-electron chi connectivity index (χ0n) is 22.0. The van der Waals surface area contributed by atoms with Crippen LogP contribution in [0.5, 0.6) is 0 Å². The van der Waals surface area contributed by atoms with Gasteiger partial charge >= 0.3 is 6.09 Å². The average molecular weight is 483 g/mol. The second-order valence-electron chi connectivity index (χ2n) is 8.27. The lowest BCUT2D eigenvalue weighted by molar-refractivity contribution is 0.0138. The Bertz CT molecular complexity index is 644. The first kappa shape index (κ1) is 31.8. The van der Waals surface area contributed by atoms with Crippen LogP contribution in [0.3, 0.4) is 0 Å². The third-order valence-electron chi connectivity index (χ3n) is 4.52. The lowest BCUT2D eigenvalue weighted by Crippen LogP contribution is -2.26. The van der Waals surface area contributed by atoms with Crippen LogP contribution in [0.4, 0.5) is 4.79 Å². The number of nitrogens with one attached hydrogen (secondary N) is 2. The quantitative estimate of drug-likeness (QED) is 0.341. The van der Waals surface area contributed by atoms with Crippen molar-refractivity contribution in [1.29, 1.82) is 0 Å². The van der Waals surface area contributed by atoms with Crippen LogP contribution < -0.4 is 10.6 Å². The van der Waals surface area contributed by atoms with Crippen molar-refractivity contribution in [2.45, 2.75) is 59.8 Å². The minimum absolute atomic E-state index is 0.0644. The first-order valence-corrected chi connectivity index (χ1v) is 12.4. The van der Waals surface area contributed by atoms with Gasteiger partial charge in [0.05, 0.1) is 33.0 Å². The number of amides is 2. The molecule has 1 aromatic carbocycles. The minimum Gasteiger partial charge on any atom is -0.450 e. The van der Waals surface area contributed by atoms with Crippen LogP contribution in [0, 0.1) is 0 Å². The van der Waals surface area contributed by atoms with Gasteiger partial charge in [-0.25, -0.2) is 4.79 Å². The van der Waals surface area contributed by atoms with Crippen molar-refractivity contribution in [3.8, 4) is 0 Å². The lowest BCUT2D eigenvalue weighted by atomic mass is 9.87. The standard InChI is InChI=1S/C24H40N2O6.C2H6/c1-5-32-23(28)26-13-7-15-30-17-19-31-18-16-29-14-6-12-25-22(27)20-8-10-21(11-9-20)24(2,3)4;1-2/h8-11H,5-7,12-19H2,1-4H3,(H,25,27)(H,26,28);1-2H3. The summed E-state index contributed by atoms with van der Waals surface area (Å²) in [5.74, 6) is -0.0644. The van der Waals surface area contributed by atoms with E-state index in [1.165, 1.54) is 5.56 Å². The van der Waals surface area contributed by atoms with Crippen molar-refractivity contribution in [3.63, 3.8) is 0 Å². The van der Waals surface area contributed by atoms with Crippen molar-refractivity contribution < 1.29 is 28.5 Å². The predicted molar refractivity (Wildman–Crippen MR) is 136 cm³/mol. The zero-order valence-corrected chi connectivity index (χ0v) is 22.0. The highest BCUT2D eigenvalue weighted by molar-refractivity contribution is 5.94. The number of hydrogen-bond acceptors (Lipinski definition) is 6. The molecule has 0 fully saturated rings. The predicted octanol–water partition coefficient (Wildman–Crippen LogP) is 4.32. The fraction of sp³-hybridized carbons (Fsp3) is 0.692. The summed E-state index contributed by atoms with van der Waals surface area (Å²) in [7, 11) is 0. The van der Waals surface area contributed by atoms with Crippen molar-refractivity contribution in [2.24, 2.45) is 0 Å². The maximum atomic E-state index is 12.2. The molecule has 0 radical (unpaired) electrons. The molecule has 0 spiro atoms. The molecule has 2 amide bonds. The van der Waals surface area contributed by atoms with Crippen LogP contribution in [-0.4, -0.2) is 71.3 Å². The first-order chi connectivity index (χ1) is 16.3. The molecule has 8 nitrogen and oxygen atoms in total. The topological polar surface area (TPSA) is 95.1 Å². The van der Waals surface area contributed by atoms with E-state index >= 15 is 0 Å². The number of rotatable bonds is 16. The van der Waals surface area contributed by atoms with E-state index in [0.29, 0.717) is 64.9 Å². The number of carbonyl (C=O) groups excluding carboxylic acids is 2. The van der Waals surface area contributed by atoms with E-state index in [4.69, 9.17) is 18.9 Å². The van der Waals surface area contributed by atoms with Gasteiger partial charge in [-0.05, 0) is 42.9 Å². The van der Waals surface area contributed by atoms with E-state index in [2.05, 4.69) is 31.4 Å². The zero-order chi connectivity index (χ0) is 25.7. The van der Waals surface area contributed by atoms with E-state index < -0.39 is 6.09 Å². The van der Waals surface area contributed by atoms with Gasteiger partial charge in [0, 0.05) is 31.9 Å². The Morgan fingerprint density at radius 3 is 1.71 bits per heavy atom. The van der Waals surface area contributed by atoms with Gasteiger partial charge in [-0.2, -0.15) is 0 Å². The SMILES string of the molecule is CC.CCOC(=O)NCCCOCCOCCOCCCNC(=O)c1ccc(C(C)(C)C)cc1. The molecule has 2 N–H and O–H groups in total. The van der Waals surface area contributed by atoms with E-state index in [1.54, 1.807) is 6.92 Å². The van der Waals surface area contributed by atoms with Gasteiger partial charge in [0.1, 0.15) is 0 Å². The highest BCUT2D eigenvalue weighted by Gasteiger charge is 2.14. The Hall–Kier alpha value is -2.16. The monoisotopic (exact) mass is 482 g/mol. The second kappa shape index (κ2) is 20.2. The highest BCUT2D eigenvalue weighted by Crippen LogP contribution is 2.22. The van der Waals surface area contributed by atoms with Gasteiger partial charge in [0.15, 0.2) is 0 Å². The van der Waals surface area contributed by atoms with Crippen LogP contribution in [-0.2, 0) is 24.4 Å². The number of carbonyl (C=O) groups is 2. The Morgan fingerprint density at radius 1 is 0.765 bits per heavy atom. The summed E-state index contributed by atoms with van der Waals surface area (Å²) in [6.07, 6.45) is 1.07. The summed E-state index contributed by atoms with van der Waals surface area (Å²) < 4.78 is 21.1. The van der Waals surface area contributed by atoms with Crippen molar-refractivity contribution in [2.75, 3.05) is 59.3 Å². The summed E-state index contributed by atoms with van der Waals surface area (Å²) >= 11 is 0. The lowest BCUT2D eigenvalue weighted by Gasteiger charge is -2.19. The fourth-order valence-corrected chi connectivity index (χ4v) is 2.69. The highest BCUT2D eigenvalue weighted by atomic mass is 16.5. The molecule has 0 aliphatic rings. The summed E-state index contributed by atoms with van der Waals surface area (Å²) in [5, 5.41) is 5.54. The van der Waals surface area contributed by atoms with Crippen LogP contribution in [0.1, 0.15) is 70.3 Å². The molecule has 1 rings (SSSR count). The summed E-state index contributed by atoms with van der Waals surface area (Å²) in [5.41, 5.74) is 1.96.